The minimum absolute atomic E-state index is 0.808. The van der Waals surface area contributed by atoms with E-state index in [1.165, 1.54) is 0 Å². The lowest BCUT2D eigenvalue weighted by Gasteiger charge is -2.25. The summed E-state index contributed by atoms with van der Waals surface area (Å²) in [6.45, 7) is -0.0215. The highest BCUT2D eigenvalue weighted by atomic mass is 31.1. The van der Waals surface area contributed by atoms with Crippen molar-refractivity contribution in [2.45, 2.75) is 18.9 Å². The summed E-state index contributed by atoms with van der Waals surface area (Å²) in [7, 11) is -0.808. The Balaban J connectivity index is 4.49. The second kappa shape index (κ2) is 4.88. The molecule has 0 spiro atoms. The molecule has 0 aliphatic carbocycles. The van der Waals surface area contributed by atoms with Crippen molar-refractivity contribution in [3.8, 4) is 0 Å². The number of hydrogen-bond acceptors (Lipinski definition) is 3. The number of aliphatic hydroxyl groups is 2. The Morgan fingerprint density at radius 2 is 1.92 bits per heavy atom. The Labute approximate surface area is 74.8 Å². The lowest BCUT2D eigenvalue weighted by molar-refractivity contribution is -0.192. The van der Waals surface area contributed by atoms with Crippen molar-refractivity contribution in [1.82, 2.24) is 0 Å². The van der Waals surface area contributed by atoms with Crippen LogP contribution in [0.5, 0.6) is 0 Å². The maximum Gasteiger partial charge on any atom is 0.392 e. The largest absolute Gasteiger partial charge is 0.396 e. The van der Waals surface area contributed by atoms with Crippen LogP contribution in [-0.4, -0.2) is 28.8 Å². The summed E-state index contributed by atoms with van der Waals surface area (Å²) in [6, 6.07) is 0. The molecule has 0 aliphatic rings. The van der Waals surface area contributed by atoms with E-state index in [-0.39, 0.29) is 0 Å². The van der Waals surface area contributed by atoms with Crippen LogP contribution in [0, 0.1) is 11.8 Å². The zero-order valence-corrected chi connectivity index (χ0v) is 7.72. The molecule has 7 heteroatoms. The quantitative estimate of drug-likeness (QED) is 0.701. The van der Waals surface area contributed by atoms with E-state index in [9.17, 15) is 17.7 Å². The van der Waals surface area contributed by atoms with Gasteiger partial charge in [-0.15, -0.1) is 0 Å². The SMILES string of the molecule is CC(C(CO)C(O)P=O)C(F)(F)F. The van der Waals surface area contributed by atoms with E-state index in [0.29, 0.717) is 0 Å². The summed E-state index contributed by atoms with van der Waals surface area (Å²) in [5, 5.41) is 17.4. The molecule has 3 nitrogen and oxygen atoms in total. The Bertz CT molecular complexity index is 173. The van der Waals surface area contributed by atoms with Gasteiger partial charge in [0.1, 0.15) is 5.85 Å². The van der Waals surface area contributed by atoms with Gasteiger partial charge in [-0.3, -0.25) is 4.57 Å². The van der Waals surface area contributed by atoms with Crippen molar-refractivity contribution in [1.29, 1.82) is 0 Å². The molecule has 0 saturated carbocycles. The zero-order valence-electron chi connectivity index (χ0n) is 6.82. The molecule has 13 heavy (non-hydrogen) atoms. The van der Waals surface area contributed by atoms with Crippen molar-refractivity contribution < 1.29 is 27.9 Å². The van der Waals surface area contributed by atoms with Crippen LogP contribution in [-0.2, 0) is 4.57 Å². The lowest BCUT2D eigenvalue weighted by Crippen LogP contribution is -2.35. The highest BCUT2D eigenvalue weighted by Crippen LogP contribution is 2.35. The summed E-state index contributed by atoms with van der Waals surface area (Å²) in [4.78, 5) is 0. The second-order valence-corrected chi connectivity index (χ2v) is 3.44. The predicted molar refractivity (Wildman–Crippen MR) is 39.4 cm³/mol. The first kappa shape index (κ1) is 12.8. The van der Waals surface area contributed by atoms with Gasteiger partial charge in [0.2, 0.25) is 0 Å². The van der Waals surface area contributed by atoms with Crippen molar-refractivity contribution in [2.24, 2.45) is 11.8 Å². The summed E-state index contributed by atoms with van der Waals surface area (Å²) < 4.78 is 46.3. The molecule has 0 bridgehead atoms. The summed E-state index contributed by atoms with van der Waals surface area (Å²) in [5.41, 5.74) is 0. The molecule has 0 aromatic rings. The topological polar surface area (TPSA) is 57.5 Å². The number of hydrogen-bond donors (Lipinski definition) is 2. The second-order valence-electron chi connectivity index (χ2n) is 2.70. The number of aliphatic hydroxyl groups excluding tert-OH is 2. The molecule has 0 heterocycles. The first-order chi connectivity index (χ1) is 5.84. The van der Waals surface area contributed by atoms with E-state index in [4.69, 9.17) is 10.2 Å². The highest BCUT2D eigenvalue weighted by Gasteiger charge is 2.43. The van der Waals surface area contributed by atoms with Crippen LogP contribution >= 0.6 is 8.46 Å². The van der Waals surface area contributed by atoms with Crippen molar-refractivity contribution in [2.75, 3.05) is 6.61 Å². The van der Waals surface area contributed by atoms with Crippen LogP contribution in [0.1, 0.15) is 6.92 Å². The van der Waals surface area contributed by atoms with Gasteiger partial charge in [0.15, 0.2) is 8.46 Å². The molecule has 0 fully saturated rings. The van der Waals surface area contributed by atoms with Gasteiger partial charge >= 0.3 is 6.18 Å². The number of halogens is 3. The van der Waals surface area contributed by atoms with Crippen LogP contribution in [0.15, 0.2) is 0 Å². The smallest absolute Gasteiger partial charge is 0.392 e. The fourth-order valence-electron chi connectivity index (χ4n) is 0.832. The molecule has 0 aromatic heterocycles. The molecule has 2 N–H and O–H groups in total. The maximum absolute atomic E-state index is 12.1. The van der Waals surface area contributed by atoms with E-state index in [0.717, 1.165) is 6.92 Å². The van der Waals surface area contributed by atoms with Gasteiger partial charge in [0.25, 0.3) is 0 Å². The molecule has 0 rings (SSSR count). The highest BCUT2D eigenvalue weighted by molar-refractivity contribution is 7.24. The first-order valence-electron chi connectivity index (χ1n) is 3.52. The summed E-state index contributed by atoms with van der Waals surface area (Å²) in [6.07, 6.45) is -4.50. The monoisotopic (exact) mass is 218 g/mol. The molecule has 3 atom stereocenters. The standard InChI is InChI=1S/C6H10F3O3P/c1-3(6(7,8)9)4(2-10)5(11)13-12/h3-5,10-11H,2H2,1H3. The normalized spacial score (nSPS) is 19.8. The fourth-order valence-corrected chi connectivity index (χ4v) is 1.34. The number of rotatable bonds is 4. The molecule has 78 valence electrons. The minimum Gasteiger partial charge on any atom is -0.396 e. The van der Waals surface area contributed by atoms with Crippen LogP contribution in [0.2, 0.25) is 0 Å². The third kappa shape index (κ3) is 3.58. The average molecular weight is 218 g/mol. The van der Waals surface area contributed by atoms with E-state index < -0.39 is 38.9 Å². The van der Waals surface area contributed by atoms with Crippen molar-refractivity contribution >= 4 is 8.46 Å². The fraction of sp³-hybridized carbons (Fsp3) is 1.00. The third-order valence-corrected chi connectivity index (χ3v) is 2.46. The van der Waals surface area contributed by atoms with Crippen molar-refractivity contribution in [3.63, 3.8) is 0 Å². The lowest BCUT2D eigenvalue weighted by atomic mass is 9.95. The van der Waals surface area contributed by atoms with Crippen molar-refractivity contribution in [3.05, 3.63) is 0 Å². The molecular formula is C6H10F3O3P. The molecule has 3 unspecified atom stereocenters. The third-order valence-electron chi connectivity index (χ3n) is 1.86. The van der Waals surface area contributed by atoms with Crippen LogP contribution in [0.3, 0.4) is 0 Å². The minimum atomic E-state index is -4.50. The van der Waals surface area contributed by atoms with Gasteiger partial charge in [-0.1, -0.05) is 6.92 Å². The van der Waals surface area contributed by atoms with Gasteiger partial charge < -0.3 is 10.2 Å². The Morgan fingerprint density at radius 1 is 1.46 bits per heavy atom. The molecule has 0 radical (unpaired) electrons. The van der Waals surface area contributed by atoms with Gasteiger partial charge in [-0.2, -0.15) is 13.2 Å². The van der Waals surface area contributed by atoms with E-state index >= 15 is 0 Å². The maximum atomic E-state index is 12.1. The van der Waals surface area contributed by atoms with E-state index in [1.54, 1.807) is 0 Å². The van der Waals surface area contributed by atoms with Gasteiger partial charge in [0, 0.05) is 12.5 Å². The Morgan fingerprint density at radius 3 is 2.15 bits per heavy atom. The van der Waals surface area contributed by atoms with Gasteiger partial charge in [-0.05, 0) is 0 Å². The van der Waals surface area contributed by atoms with Gasteiger partial charge in [-0.25, -0.2) is 0 Å². The Hall–Kier alpha value is -0.190. The zero-order chi connectivity index (χ0) is 10.6. The molecule has 0 aromatic carbocycles. The molecule has 0 amide bonds. The van der Waals surface area contributed by atoms with Gasteiger partial charge in [0.05, 0.1) is 5.92 Å². The summed E-state index contributed by atoms with van der Waals surface area (Å²) in [5.74, 6) is -5.00. The number of alkyl halides is 3. The average Bonchev–Trinajstić information content (AvgIpc) is 2.03. The van der Waals surface area contributed by atoms with Crippen LogP contribution < -0.4 is 0 Å². The van der Waals surface area contributed by atoms with Crippen LogP contribution in [0.25, 0.3) is 0 Å². The molecule has 0 aliphatic heterocycles. The van der Waals surface area contributed by atoms with E-state index in [2.05, 4.69) is 0 Å². The molecule has 0 saturated heterocycles. The predicted octanol–water partition coefficient (Wildman–Crippen LogP) is 1.40. The Kier molecular flexibility index (Phi) is 4.81. The van der Waals surface area contributed by atoms with E-state index in [1.807, 2.05) is 0 Å². The van der Waals surface area contributed by atoms with Crippen LogP contribution in [0.4, 0.5) is 13.2 Å². The summed E-state index contributed by atoms with van der Waals surface area (Å²) >= 11 is 0. The first-order valence-corrected chi connectivity index (χ1v) is 4.40. The molecular weight excluding hydrogens is 208 g/mol.